The number of aliphatic imine (C=N–C) groups is 1. The van der Waals surface area contributed by atoms with Gasteiger partial charge in [0.1, 0.15) is 5.75 Å². The molecule has 0 fully saturated rings. The van der Waals surface area contributed by atoms with Gasteiger partial charge in [0.05, 0.1) is 18.6 Å². The smallest absolute Gasteiger partial charge is 0.240 e. The summed E-state index contributed by atoms with van der Waals surface area (Å²) in [5.74, 6) is 1.50. The van der Waals surface area contributed by atoms with Gasteiger partial charge in [0.15, 0.2) is 5.96 Å². The summed E-state index contributed by atoms with van der Waals surface area (Å²) in [6.07, 6.45) is 0.842. The lowest BCUT2D eigenvalue weighted by Gasteiger charge is -2.12. The summed E-state index contributed by atoms with van der Waals surface area (Å²) >= 11 is 0. The SMILES string of the molecule is CCNC(=NCCNS(=O)(=O)c1ccc(C)cc1)NCCc1ccc(OC)cc1.I. The summed E-state index contributed by atoms with van der Waals surface area (Å²) in [6, 6.07) is 14.7. The molecule has 0 aliphatic heterocycles. The lowest BCUT2D eigenvalue weighted by Crippen LogP contribution is -2.39. The van der Waals surface area contributed by atoms with Gasteiger partial charge in [0.2, 0.25) is 10.0 Å². The van der Waals surface area contributed by atoms with Crippen molar-refractivity contribution in [3.63, 3.8) is 0 Å². The molecule has 7 nitrogen and oxygen atoms in total. The zero-order valence-corrected chi connectivity index (χ0v) is 20.8. The van der Waals surface area contributed by atoms with E-state index in [-0.39, 0.29) is 35.4 Å². The molecular formula is C21H31IN4O3S. The van der Waals surface area contributed by atoms with Crippen molar-refractivity contribution >= 4 is 40.0 Å². The molecule has 0 aromatic heterocycles. The van der Waals surface area contributed by atoms with Gasteiger partial charge in [-0.1, -0.05) is 29.8 Å². The average molecular weight is 546 g/mol. The topological polar surface area (TPSA) is 91.8 Å². The first-order valence-corrected chi connectivity index (χ1v) is 11.1. The molecule has 0 atom stereocenters. The zero-order valence-electron chi connectivity index (χ0n) is 17.6. The molecular weight excluding hydrogens is 515 g/mol. The van der Waals surface area contributed by atoms with Crippen LogP contribution >= 0.6 is 24.0 Å². The molecule has 3 N–H and O–H groups in total. The van der Waals surface area contributed by atoms with Crippen LogP contribution in [-0.2, 0) is 16.4 Å². The van der Waals surface area contributed by atoms with Crippen molar-refractivity contribution in [3.05, 3.63) is 59.7 Å². The number of hydrogen-bond acceptors (Lipinski definition) is 4. The molecule has 9 heteroatoms. The van der Waals surface area contributed by atoms with Crippen LogP contribution in [0.15, 0.2) is 58.4 Å². The van der Waals surface area contributed by atoms with Crippen LogP contribution in [0.2, 0.25) is 0 Å². The number of rotatable bonds is 10. The van der Waals surface area contributed by atoms with Gasteiger partial charge in [-0.05, 0) is 50.1 Å². The van der Waals surface area contributed by atoms with Crippen LogP contribution in [0, 0.1) is 6.92 Å². The van der Waals surface area contributed by atoms with E-state index < -0.39 is 10.0 Å². The first kappa shape index (κ1) is 26.2. The molecule has 0 aliphatic rings. The number of halogens is 1. The minimum Gasteiger partial charge on any atom is -0.497 e. The van der Waals surface area contributed by atoms with Gasteiger partial charge in [-0.25, -0.2) is 13.1 Å². The number of nitrogens with zero attached hydrogens (tertiary/aromatic N) is 1. The van der Waals surface area contributed by atoms with Crippen molar-refractivity contribution in [2.75, 3.05) is 33.3 Å². The normalized spacial score (nSPS) is 11.5. The Hall–Kier alpha value is -1.85. The van der Waals surface area contributed by atoms with Crippen molar-refractivity contribution < 1.29 is 13.2 Å². The minimum atomic E-state index is -3.52. The number of guanidine groups is 1. The van der Waals surface area contributed by atoms with Crippen LogP contribution in [0.3, 0.4) is 0 Å². The van der Waals surface area contributed by atoms with Crippen molar-refractivity contribution in [1.29, 1.82) is 0 Å². The Labute approximate surface area is 196 Å². The Balaban J connectivity index is 0.00000450. The van der Waals surface area contributed by atoms with E-state index in [0.717, 1.165) is 24.3 Å². The lowest BCUT2D eigenvalue weighted by molar-refractivity contribution is 0.414. The first-order chi connectivity index (χ1) is 13.9. The Kier molecular flexibility index (Phi) is 11.7. The van der Waals surface area contributed by atoms with Crippen LogP contribution in [0.25, 0.3) is 0 Å². The van der Waals surface area contributed by atoms with Crippen molar-refractivity contribution in [1.82, 2.24) is 15.4 Å². The quantitative estimate of drug-likeness (QED) is 0.185. The van der Waals surface area contributed by atoms with E-state index in [1.54, 1.807) is 31.4 Å². The number of ether oxygens (including phenoxy) is 1. The number of aryl methyl sites for hydroxylation is 1. The Morgan fingerprint density at radius 3 is 2.27 bits per heavy atom. The molecule has 0 bridgehead atoms. The fourth-order valence-electron chi connectivity index (χ4n) is 2.61. The average Bonchev–Trinajstić information content (AvgIpc) is 2.72. The van der Waals surface area contributed by atoms with Gasteiger partial charge in [0.25, 0.3) is 0 Å². The van der Waals surface area contributed by atoms with Gasteiger partial charge >= 0.3 is 0 Å². The highest BCUT2D eigenvalue weighted by Crippen LogP contribution is 2.11. The van der Waals surface area contributed by atoms with Gasteiger partial charge in [-0.3, -0.25) is 4.99 Å². The number of benzene rings is 2. The van der Waals surface area contributed by atoms with E-state index in [1.807, 2.05) is 38.1 Å². The molecule has 2 rings (SSSR count). The maximum Gasteiger partial charge on any atom is 0.240 e. The predicted molar refractivity (Wildman–Crippen MR) is 132 cm³/mol. The van der Waals surface area contributed by atoms with Crippen LogP contribution < -0.4 is 20.1 Å². The lowest BCUT2D eigenvalue weighted by atomic mass is 10.1. The highest BCUT2D eigenvalue weighted by Gasteiger charge is 2.12. The largest absolute Gasteiger partial charge is 0.497 e. The third-order valence-electron chi connectivity index (χ3n) is 4.21. The second-order valence-electron chi connectivity index (χ2n) is 6.50. The van der Waals surface area contributed by atoms with E-state index in [2.05, 4.69) is 20.3 Å². The van der Waals surface area contributed by atoms with Gasteiger partial charge in [-0.2, -0.15) is 0 Å². The summed E-state index contributed by atoms with van der Waals surface area (Å²) in [4.78, 5) is 4.69. The Morgan fingerprint density at radius 1 is 1.00 bits per heavy atom. The summed E-state index contributed by atoms with van der Waals surface area (Å²) in [7, 11) is -1.87. The summed E-state index contributed by atoms with van der Waals surface area (Å²) in [5.41, 5.74) is 2.21. The van der Waals surface area contributed by atoms with E-state index in [1.165, 1.54) is 5.56 Å². The first-order valence-electron chi connectivity index (χ1n) is 9.66. The molecule has 30 heavy (non-hydrogen) atoms. The summed E-state index contributed by atoms with van der Waals surface area (Å²) < 4.78 is 32.3. The Bertz CT molecular complexity index is 885. The third kappa shape index (κ3) is 8.88. The van der Waals surface area contributed by atoms with Gasteiger partial charge in [0, 0.05) is 19.6 Å². The van der Waals surface area contributed by atoms with Crippen molar-refractivity contribution in [2.24, 2.45) is 4.99 Å². The van der Waals surface area contributed by atoms with Crippen LogP contribution in [0.1, 0.15) is 18.1 Å². The van der Waals surface area contributed by atoms with Gasteiger partial charge < -0.3 is 15.4 Å². The van der Waals surface area contributed by atoms with E-state index in [0.29, 0.717) is 19.0 Å². The van der Waals surface area contributed by atoms with E-state index >= 15 is 0 Å². The molecule has 0 saturated carbocycles. The van der Waals surface area contributed by atoms with Crippen LogP contribution in [-0.4, -0.2) is 47.7 Å². The fourth-order valence-corrected chi connectivity index (χ4v) is 3.63. The van der Waals surface area contributed by atoms with Crippen LogP contribution in [0.4, 0.5) is 0 Å². The van der Waals surface area contributed by atoms with Crippen molar-refractivity contribution in [2.45, 2.75) is 25.2 Å². The van der Waals surface area contributed by atoms with E-state index in [9.17, 15) is 8.42 Å². The molecule has 0 aliphatic carbocycles. The number of sulfonamides is 1. The molecule has 0 radical (unpaired) electrons. The second-order valence-corrected chi connectivity index (χ2v) is 8.26. The fraction of sp³-hybridized carbons (Fsp3) is 0.381. The number of nitrogens with one attached hydrogen (secondary N) is 3. The standard InChI is InChI=1S/C21H30N4O3S.HI/c1-4-22-21(23-14-13-18-7-9-19(28-3)10-8-18)24-15-16-25-29(26,27)20-11-5-17(2)6-12-20;/h5-12,25H,4,13-16H2,1-3H3,(H2,22,23,24);1H. The van der Waals surface area contributed by atoms with Crippen molar-refractivity contribution in [3.8, 4) is 5.75 Å². The monoisotopic (exact) mass is 546 g/mol. The molecule has 2 aromatic carbocycles. The van der Waals surface area contributed by atoms with Crippen LogP contribution in [0.5, 0.6) is 5.75 Å². The zero-order chi connectivity index (χ0) is 21.1. The van der Waals surface area contributed by atoms with E-state index in [4.69, 9.17) is 4.74 Å². The Morgan fingerprint density at radius 2 is 1.67 bits per heavy atom. The summed E-state index contributed by atoms with van der Waals surface area (Å²) in [6.45, 7) is 5.91. The summed E-state index contributed by atoms with van der Waals surface area (Å²) in [5, 5.41) is 6.43. The molecule has 0 saturated heterocycles. The molecule has 0 spiro atoms. The molecule has 2 aromatic rings. The van der Waals surface area contributed by atoms with Gasteiger partial charge in [-0.15, -0.1) is 24.0 Å². The highest BCUT2D eigenvalue weighted by molar-refractivity contribution is 14.0. The molecule has 0 heterocycles. The molecule has 0 unspecified atom stereocenters. The number of methoxy groups -OCH3 is 1. The maximum atomic E-state index is 12.3. The highest BCUT2D eigenvalue weighted by atomic mass is 127. The third-order valence-corrected chi connectivity index (χ3v) is 5.69. The molecule has 0 amide bonds. The minimum absolute atomic E-state index is 0. The predicted octanol–water partition coefficient (Wildman–Crippen LogP) is 2.70. The second kappa shape index (κ2) is 13.5. The molecule has 166 valence electrons. The maximum absolute atomic E-state index is 12.3. The number of hydrogen-bond donors (Lipinski definition) is 3.